The molecule has 1 aromatic rings. The summed E-state index contributed by atoms with van der Waals surface area (Å²) >= 11 is 1.60. The van der Waals surface area contributed by atoms with Gasteiger partial charge in [-0.25, -0.2) is 4.98 Å². The van der Waals surface area contributed by atoms with Crippen LogP contribution >= 0.6 is 11.3 Å². The molecule has 1 amide bonds. The smallest absolute Gasteiger partial charge is 0.227 e. The molecule has 0 atom stereocenters. The first-order valence-corrected chi connectivity index (χ1v) is 6.95. The van der Waals surface area contributed by atoms with E-state index >= 15 is 0 Å². The molecule has 0 aromatic carbocycles. The van der Waals surface area contributed by atoms with Gasteiger partial charge in [0, 0.05) is 30.8 Å². The van der Waals surface area contributed by atoms with Crippen molar-refractivity contribution in [3.05, 3.63) is 16.1 Å². The Kier molecular flexibility index (Phi) is 4.31. The fourth-order valence-corrected chi connectivity index (χ4v) is 2.86. The fraction of sp³-hybridized carbons (Fsp3) is 0.667. The van der Waals surface area contributed by atoms with Gasteiger partial charge in [0.2, 0.25) is 5.91 Å². The third kappa shape index (κ3) is 2.88. The number of nitrogens with two attached hydrogens (primary N) is 1. The Bertz CT molecular complexity index is 413. The molecule has 100 valence electrons. The third-order valence-corrected chi connectivity index (χ3v) is 4.33. The van der Waals surface area contributed by atoms with Crippen molar-refractivity contribution in [2.24, 2.45) is 11.1 Å². The Labute approximate surface area is 111 Å². The van der Waals surface area contributed by atoms with Crippen LogP contribution in [0.5, 0.6) is 0 Å². The van der Waals surface area contributed by atoms with Crippen molar-refractivity contribution in [2.75, 3.05) is 19.8 Å². The number of aryl methyl sites for hydroxylation is 1. The van der Waals surface area contributed by atoms with Gasteiger partial charge in [-0.15, -0.1) is 11.3 Å². The van der Waals surface area contributed by atoms with Crippen molar-refractivity contribution in [3.63, 3.8) is 0 Å². The molecule has 1 fully saturated rings. The molecule has 3 N–H and O–H groups in total. The van der Waals surface area contributed by atoms with Crippen LogP contribution in [-0.2, 0) is 16.1 Å². The largest absolute Gasteiger partial charge is 0.381 e. The zero-order valence-corrected chi connectivity index (χ0v) is 11.4. The van der Waals surface area contributed by atoms with Crippen molar-refractivity contribution < 1.29 is 9.53 Å². The second-order valence-electron chi connectivity index (χ2n) is 4.63. The second kappa shape index (κ2) is 5.77. The van der Waals surface area contributed by atoms with Crippen molar-refractivity contribution in [1.29, 1.82) is 0 Å². The molecule has 0 radical (unpaired) electrons. The monoisotopic (exact) mass is 269 g/mol. The summed E-state index contributed by atoms with van der Waals surface area (Å²) in [6.07, 6.45) is 3.22. The summed E-state index contributed by atoms with van der Waals surface area (Å²) in [5.41, 5.74) is 5.34. The Morgan fingerprint density at radius 1 is 1.61 bits per heavy atom. The maximum atomic E-state index is 12.3. The Morgan fingerprint density at radius 2 is 2.33 bits per heavy atom. The predicted octanol–water partition coefficient (Wildman–Crippen LogP) is 0.823. The number of carbonyl (C=O) groups is 1. The van der Waals surface area contributed by atoms with Gasteiger partial charge >= 0.3 is 0 Å². The van der Waals surface area contributed by atoms with Gasteiger partial charge in [-0.3, -0.25) is 4.79 Å². The molecule has 1 aromatic heterocycles. The van der Waals surface area contributed by atoms with Gasteiger partial charge in [0.25, 0.3) is 0 Å². The van der Waals surface area contributed by atoms with E-state index in [1.807, 2.05) is 6.92 Å². The lowest BCUT2D eigenvalue weighted by Gasteiger charge is -2.34. The van der Waals surface area contributed by atoms with Crippen molar-refractivity contribution in [1.82, 2.24) is 10.3 Å². The molecule has 0 spiro atoms. The molecule has 6 heteroatoms. The average Bonchev–Trinajstić information content (AvgIpc) is 2.82. The zero-order chi connectivity index (χ0) is 13.0. The van der Waals surface area contributed by atoms with Gasteiger partial charge in [0.1, 0.15) is 0 Å². The summed E-state index contributed by atoms with van der Waals surface area (Å²) in [6, 6.07) is 0. The minimum absolute atomic E-state index is 0.0411. The van der Waals surface area contributed by atoms with Crippen LogP contribution in [0.1, 0.15) is 22.7 Å². The second-order valence-corrected chi connectivity index (χ2v) is 5.94. The predicted molar refractivity (Wildman–Crippen MR) is 70.2 cm³/mol. The van der Waals surface area contributed by atoms with Gasteiger partial charge in [0.15, 0.2) is 0 Å². The van der Waals surface area contributed by atoms with Crippen LogP contribution in [0.2, 0.25) is 0 Å². The van der Waals surface area contributed by atoms with E-state index in [9.17, 15) is 4.79 Å². The quantitative estimate of drug-likeness (QED) is 0.848. The van der Waals surface area contributed by atoms with Gasteiger partial charge in [0.05, 0.1) is 17.0 Å². The number of ether oxygens (including phenoxy) is 1. The van der Waals surface area contributed by atoms with Gasteiger partial charge < -0.3 is 15.8 Å². The summed E-state index contributed by atoms with van der Waals surface area (Å²) in [4.78, 5) is 17.5. The van der Waals surface area contributed by atoms with Crippen LogP contribution in [0.4, 0.5) is 0 Å². The number of thiazole rings is 1. The average molecular weight is 269 g/mol. The standard InChI is InChI=1S/C12H19N3O2S/c1-9-14-6-10(18-9)7-15-11(16)12(8-13)2-4-17-5-3-12/h6H,2-5,7-8,13H2,1H3,(H,15,16). The molecular weight excluding hydrogens is 250 g/mol. The van der Waals surface area contributed by atoms with Gasteiger partial charge in [-0.05, 0) is 19.8 Å². The van der Waals surface area contributed by atoms with E-state index in [0.717, 1.165) is 9.88 Å². The van der Waals surface area contributed by atoms with Crippen molar-refractivity contribution in [2.45, 2.75) is 26.3 Å². The number of nitrogens with one attached hydrogen (secondary N) is 1. The van der Waals surface area contributed by atoms with Crippen molar-refractivity contribution >= 4 is 17.2 Å². The van der Waals surface area contributed by atoms with E-state index < -0.39 is 5.41 Å². The molecule has 1 aliphatic rings. The molecule has 0 bridgehead atoms. The zero-order valence-electron chi connectivity index (χ0n) is 10.6. The Balaban J connectivity index is 1.93. The highest BCUT2D eigenvalue weighted by atomic mass is 32.1. The number of nitrogens with zero attached hydrogens (tertiary/aromatic N) is 1. The molecule has 18 heavy (non-hydrogen) atoms. The lowest BCUT2D eigenvalue weighted by atomic mass is 9.79. The first-order valence-electron chi connectivity index (χ1n) is 6.14. The molecule has 1 aliphatic heterocycles. The van der Waals surface area contributed by atoms with Gasteiger partial charge in [-0.1, -0.05) is 0 Å². The van der Waals surface area contributed by atoms with Crippen LogP contribution in [0.15, 0.2) is 6.20 Å². The molecule has 2 rings (SSSR count). The summed E-state index contributed by atoms with van der Waals surface area (Å²) in [5, 5.41) is 3.98. The topological polar surface area (TPSA) is 77.2 Å². The van der Waals surface area contributed by atoms with Gasteiger partial charge in [-0.2, -0.15) is 0 Å². The molecular formula is C12H19N3O2S. The van der Waals surface area contributed by atoms with E-state index in [2.05, 4.69) is 10.3 Å². The summed E-state index contributed by atoms with van der Waals surface area (Å²) < 4.78 is 5.30. The number of amides is 1. The number of hydrogen-bond acceptors (Lipinski definition) is 5. The fourth-order valence-electron chi connectivity index (χ4n) is 2.13. The molecule has 1 saturated heterocycles. The number of hydrogen-bond donors (Lipinski definition) is 2. The van der Waals surface area contributed by atoms with Crippen LogP contribution in [0.3, 0.4) is 0 Å². The SMILES string of the molecule is Cc1ncc(CNC(=O)C2(CN)CCOCC2)s1. The first-order chi connectivity index (χ1) is 8.66. The number of rotatable bonds is 4. The summed E-state index contributed by atoms with van der Waals surface area (Å²) in [7, 11) is 0. The minimum Gasteiger partial charge on any atom is -0.381 e. The molecule has 0 unspecified atom stereocenters. The van der Waals surface area contributed by atoms with E-state index in [-0.39, 0.29) is 5.91 Å². The molecule has 2 heterocycles. The Morgan fingerprint density at radius 3 is 2.89 bits per heavy atom. The van der Waals surface area contributed by atoms with E-state index in [4.69, 9.17) is 10.5 Å². The summed E-state index contributed by atoms with van der Waals surface area (Å²) in [6.45, 7) is 4.10. The maximum absolute atomic E-state index is 12.3. The highest BCUT2D eigenvalue weighted by molar-refractivity contribution is 7.11. The van der Waals surface area contributed by atoms with Crippen LogP contribution in [0, 0.1) is 12.3 Å². The van der Waals surface area contributed by atoms with Crippen LogP contribution in [-0.4, -0.2) is 30.6 Å². The minimum atomic E-state index is -0.446. The van der Waals surface area contributed by atoms with E-state index in [0.29, 0.717) is 39.1 Å². The Hall–Kier alpha value is -0.980. The number of carbonyl (C=O) groups excluding carboxylic acids is 1. The first kappa shape index (κ1) is 13.5. The van der Waals surface area contributed by atoms with E-state index in [1.54, 1.807) is 17.5 Å². The maximum Gasteiger partial charge on any atom is 0.227 e. The third-order valence-electron chi connectivity index (χ3n) is 3.41. The molecule has 0 aliphatic carbocycles. The van der Waals surface area contributed by atoms with Crippen LogP contribution < -0.4 is 11.1 Å². The highest BCUT2D eigenvalue weighted by Crippen LogP contribution is 2.29. The highest BCUT2D eigenvalue weighted by Gasteiger charge is 2.38. The van der Waals surface area contributed by atoms with Crippen molar-refractivity contribution in [3.8, 4) is 0 Å². The van der Waals surface area contributed by atoms with Crippen LogP contribution in [0.25, 0.3) is 0 Å². The number of aromatic nitrogens is 1. The lowest BCUT2D eigenvalue weighted by Crippen LogP contribution is -2.48. The normalized spacial score (nSPS) is 18.6. The summed E-state index contributed by atoms with van der Waals surface area (Å²) in [5.74, 6) is 0.0411. The molecule has 0 saturated carbocycles. The molecule has 5 nitrogen and oxygen atoms in total. The lowest BCUT2D eigenvalue weighted by molar-refractivity contribution is -0.136. The van der Waals surface area contributed by atoms with E-state index in [1.165, 1.54) is 0 Å².